The van der Waals surface area contributed by atoms with E-state index >= 15 is 0 Å². The lowest BCUT2D eigenvalue weighted by Crippen LogP contribution is -2.32. The van der Waals surface area contributed by atoms with E-state index in [9.17, 15) is 19.8 Å². The highest BCUT2D eigenvalue weighted by atomic mass is 35.5. The van der Waals surface area contributed by atoms with Crippen LogP contribution in [0, 0.1) is 11.8 Å². The van der Waals surface area contributed by atoms with Gasteiger partial charge in [-0.1, -0.05) is 35.0 Å². The highest BCUT2D eigenvalue weighted by molar-refractivity contribution is 6.31. The van der Waals surface area contributed by atoms with Crippen LogP contribution in [-0.4, -0.2) is 52.4 Å². The molecule has 5 aromatic rings. The number of pyridine rings is 1. The summed E-state index contributed by atoms with van der Waals surface area (Å²) in [5, 5.41) is 34.3. The molecule has 0 bridgehead atoms. The predicted octanol–water partition coefficient (Wildman–Crippen LogP) is 4.06. The number of nitrogens with zero attached hydrogens (tertiary/aromatic N) is 6. The minimum atomic E-state index is -0.987. The third-order valence-corrected chi connectivity index (χ3v) is 7.42. The molecule has 2 aromatic carbocycles. The first-order valence-corrected chi connectivity index (χ1v) is 12.9. The largest absolute Gasteiger partial charge is 0.481 e. The molecule has 1 aliphatic carbocycles. The average Bonchev–Trinajstić information content (AvgIpc) is 3.30. The number of H-pyrrole nitrogens is 1. The summed E-state index contributed by atoms with van der Waals surface area (Å²) < 4.78 is 3.48. The Morgan fingerprint density at radius 2 is 1.85 bits per heavy atom. The van der Waals surface area contributed by atoms with Crippen molar-refractivity contribution in [1.82, 2.24) is 30.3 Å². The number of hydrogen-bond donors (Lipinski definition) is 3. The molecule has 1 fully saturated rings. The molecule has 3 N–H and O–H groups in total. The number of carboxylic acids is 2. The topological polar surface area (TPSA) is 151 Å². The summed E-state index contributed by atoms with van der Waals surface area (Å²) in [5.74, 6) is -2.12. The maximum absolute atomic E-state index is 11.5. The van der Waals surface area contributed by atoms with E-state index in [1.54, 1.807) is 58.4 Å². The lowest BCUT2D eigenvalue weighted by Gasteiger charge is -2.18. The predicted molar refractivity (Wildman–Crippen MR) is 143 cm³/mol. The van der Waals surface area contributed by atoms with Crippen molar-refractivity contribution in [2.24, 2.45) is 11.8 Å². The normalized spacial score (nSPS) is 16.9. The van der Waals surface area contributed by atoms with E-state index < -0.39 is 11.9 Å². The number of halogens is 1. The Labute approximate surface area is 232 Å². The van der Waals surface area contributed by atoms with Crippen LogP contribution >= 0.6 is 11.6 Å². The molecule has 6 rings (SSSR count). The monoisotopic (exact) mass is 556 g/mol. The fourth-order valence-corrected chi connectivity index (χ4v) is 5.10. The summed E-state index contributed by atoms with van der Waals surface area (Å²) in [6.07, 6.45) is 8.11. The van der Waals surface area contributed by atoms with Gasteiger partial charge in [-0.25, -0.2) is 4.79 Å². The number of aromatic carboxylic acids is 1. The van der Waals surface area contributed by atoms with Crippen LogP contribution in [0.25, 0.3) is 27.9 Å². The molecular formula is C28H23ClN7O4+. The number of aromatic amines is 1. The van der Waals surface area contributed by atoms with Gasteiger partial charge in [-0.15, -0.1) is 4.68 Å². The van der Waals surface area contributed by atoms with Crippen LogP contribution in [0.15, 0.2) is 79.5 Å². The zero-order chi connectivity index (χ0) is 27.8. The van der Waals surface area contributed by atoms with Gasteiger partial charge in [-0.3, -0.25) is 14.5 Å². The molecule has 0 saturated heterocycles. The Balaban J connectivity index is 1.33. The molecule has 11 nitrogen and oxygen atoms in total. The molecular weight excluding hydrogens is 534 g/mol. The maximum atomic E-state index is 11.5. The molecule has 1 unspecified atom stereocenters. The first-order chi connectivity index (χ1) is 19.4. The maximum Gasteiger partial charge on any atom is 0.335 e. The first-order valence-electron chi connectivity index (χ1n) is 12.5. The summed E-state index contributed by atoms with van der Waals surface area (Å²) in [6, 6.07) is 15.6. The fourth-order valence-electron chi connectivity index (χ4n) is 4.93. The third kappa shape index (κ3) is 5.06. The highest BCUT2D eigenvalue weighted by Gasteiger charge is 2.44. The van der Waals surface area contributed by atoms with Gasteiger partial charge >= 0.3 is 11.9 Å². The van der Waals surface area contributed by atoms with Gasteiger partial charge in [0.15, 0.2) is 5.21 Å². The number of carbonyl (C=O) groups is 2. The van der Waals surface area contributed by atoms with Gasteiger partial charge in [0.2, 0.25) is 0 Å². The van der Waals surface area contributed by atoms with Crippen LogP contribution in [0.2, 0.25) is 5.02 Å². The van der Waals surface area contributed by atoms with Crippen LogP contribution in [0.1, 0.15) is 34.9 Å². The SMILES string of the molecule is O=C(O)c1ccc(-c2cnn(C(C[C@@H]3C[C@@H]3C(=O)O)c3ccc(-c4cc(Cl)ccc4-[n+]4cnn[nH]4)cn3)c2)cc1. The van der Waals surface area contributed by atoms with E-state index in [0.717, 1.165) is 33.6 Å². The van der Waals surface area contributed by atoms with E-state index in [1.165, 1.54) is 0 Å². The number of rotatable bonds is 9. The molecule has 0 spiro atoms. The average molecular weight is 557 g/mol. The molecule has 12 heteroatoms. The van der Waals surface area contributed by atoms with Crippen molar-refractivity contribution >= 4 is 23.5 Å². The van der Waals surface area contributed by atoms with Crippen molar-refractivity contribution in [1.29, 1.82) is 0 Å². The van der Waals surface area contributed by atoms with Gasteiger partial charge in [0.05, 0.1) is 29.4 Å². The van der Waals surface area contributed by atoms with Crippen molar-refractivity contribution in [3.8, 4) is 27.9 Å². The summed E-state index contributed by atoms with van der Waals surface area (Å²) >= 11 is 6.31. The molecule has 1 aliphatic rings. The van der Waals surface area contributed by atoms with Gasteiger partial charge in [0.25, 0.3) is 6.33 Å². The summed E-state index contributed by atoms with van der Waals surface area (Å²) in [6.45, 7) is 0. The Hall–Kier alpha value is -4.90. The second-order valence-electron chi connectivity index (χ2n) is 9.72. The van der Waals surface area contributed by atoms with Crippen molar-refractivity contribution in [2.45, 2.75) is 18.9 Å². The van der Waals surface area contributed by atoms with Crippen molar-refractivity contribution in [3.05, 3.63) is 95.8 Å². The molecule has 3 aromatic heterocycles. The molecule has 0 amide bonds. The second kappa shape index (κ2) is 10.3. The van der Waals surface area contributed by atoms with E-state index in [0.29, 0.717) is 17.9 Å². The van der Waals surface area contributed by atoms with E-state index in [1.807, 2.05) is 30.5 Å². The fraction of sp³-hybridized carbons (Fsp3) is 0.179. The molecule has 200 valence electrons. The van der Waals surface area contributed by atoms with Crippen molar-refractivity contribution < 1.29 is 24.5 Å². The minimum Gasteiger partial charge on any atom is -0.481 e. The Morgan fingerprint density at radius 1 is 1.05 bits per heavy atom. The number of tetrazole rings is 1. The summed E-state index contributed by atoms with van der Waals surface area (Å²) in [4.78, 5) is 27.5. The number of carboxylic acid groups (broad SMARTS) is 2. The van der Waals surface area contributed by atoms with E-state index in [4.69, 9.17) is 16.6 Å². The number of hydrogen-bond acceptors (Lipinski definition) is 6. The zero-order valence-electron chi connectivity index (χ0n) is 20.9. The summed E-state index contributed by atoms with van der Waals surface area (Å²) in [5.41, 5.74) is 5.06. The second-order valence-corrected chi connectivity index (χ2v) is 10.2. The number of nitrogens with one attached hydrogen (secondary N) is 1. The molecule has 1 saturated carbocycles. The van der Waals surface area contributed by atoms with Gasteiger partial charge in [-0.05, 0) is 60.7 Å². The number of aliphatic carboxylic acids is 1. The standard InChI is InChI=1S/C28H22ClN7O4/c29-21-6-8-25(36-15-31-33-34-36)22(11-21)18-5-7-24(30-12-18)26(10-19-9-23(19)28(39)40)35-14-20(13-32-35)16-1-3-17(4-2-16)27(37)38/h1-8,11-15,19,23,26H,9-10H2,(H2,37,38,39,40)/p+1/t19-,23-,26?/m0/s1. The van der Waals surface area contributed by atoms with E-state index in [-0.39, 0.29) is 23.4 Å². The Morgan fingerprint density at radius 3 is 2.50 bits per heavy atom. The smallest absolute Gasteiger partial charge is 0.335 e. The van der Waals surface area contributed by atoms with Crippen LogP contribution < -0.4 is 4.68 Å². The van der Waals surface area contributed by atoms with E-state index in [2.05, 4.69) is 20.6 Å². The lowest BCUT2D eigenvalue weighted by atomic mass is 10.0. The van der Waals surface area contributed by atoms with Crippen LogP contribution in [0.4, 0.5) is 0 Å². The van der Waals surface area contributed by atoms with Crippen molar-refractivity contribution in [2.75, 3.05) is 0 Å². The first kappa shape index (κ1) is 25.4. The van der Waals surface area contributed by atoms with Crippen molar-refractivity contribution in [3.63, 3.8) is 0 Å². The van der Waals surface area contributed by atoms with Crippen LogP contribution in [0.5, 0.6) is 0 Å². The van der Waals surface area contributed by atoms with Crippen LogP contribution in [-0.2, 0) is 4.79 Å². The minimum absolute atomic E-state index is 0.0234. The number of aromatic nitrogens is 7. The molecule has 3 atom stereocenters. The molecule has 0 radical (unpaired) electrons. The Bertz CT molecular complexity index is 1680. The molecule has 3 heterocycles. The molecule has 0 aliphatic heterocycles. The lowest BCUT2D eigenvalue weighted by molar-refractivity contribution is -0.659. The van der Waals surface area contributed by atoms with Gasteiger partial charge in [0.1, 0.15) is 10.8 Å². The third-order valence-electron chi connectivity index (χ3n) is 7.19. The zero-order valence-corrected chi connectivity index (χ0v) is 21.7. The quantitative estimate of drug-likeness (QED) is 0.230. The molecule has 40 heavy (non-hydrogen) atoms. The van der Waals surface area contributed by atoms with Crippen LogP contribution in [0.3, 0.4) is 0 Å². The highest BCUT2D eigenvalue weighted by Crippen LogP contribution is 2.45. The summed E-state index contributed by atoms with van der Waals surface area (Å²) in [7, 11) is 0. The Kier molecular flexibility index (Phi) is 6.56. The van der Waals surface area contributed by atoms with Gasteiger partial charge in [0, 0.05) is 34.1 Å². The number of benzene rings is 2. The van der Waals surface area contributed by atoms with Gasteiger partial charge < -0.3 is 10.2 Å². The van der Waals surface area contributed by atoms with Gasteiger partial charge in [-0.2, -0.15) is 5.10 Å².